The summed E-state index contributed by atoms with van der Waals surface area (Å²) in [5.41, 5.74) is 4.59. The molecule has 9 nitrogen and oxygen atoms in total. The fourth-order valence-corrected chi connectivity index (χ4v) is 5.81. The van der Waals surface area contributed by atoms with Gasteiger partial charge in [-0.1, -0.05) is 62.8 Å². The molecule has 0 fully saturated rings. The van der Waals surface area contributed by atoms with Crippen LogP contribution in [0.5, 0.6) is 0 Å². The first-order valence-corrected chi connectivity index (χ1v) is 15.3. The summed E-state index contributed by atoms with van der Waals surface area (Å²) < 4.78 is 1.57. The Kier molecular flexibility index (Phi) is 9.59. The molecule has 1 aliphatic rings. The number of hydrogen-bond donors (Lipinski definition) is 1. The van der Waals surface area contributed by atoms with Crippen LogP contribution in [-0.4, -0.2) is 55.3 Å². The highest BCUT2D eigenvalue weighted by atomic mass is 16.2. The second kappa shape index (κ2) is 13.7. The minimum Gasteiger partial charge on any atom is -0.332 e. The number of aromatic nitrogens is 4. The first-order valence-electron chi connectivity index (χ1n) is 15.3. The molecule has 2 amide bonds. The summed E-state index contributed by atoms with van der Waals surface area (Å²) in [6.45, 7) is 3.21. The van der Waals surface area contributed by atoms with E-state index in [4.69, 9.17) is 0 Å². The summed E-state index contributed by atoms with van der Waals surface area (Å²) >= 11 is 0. The Hall–Kier alpha value is -4.40. The van der Waals surface area contributed by atoms with E-state index < -0.39 is 6.04 Å². The standard InChI is InChI=1S/C34H40N6O3/c1-23(41)33-28-19-26(27-20-35-24(2)36-21-27)17-18-30(28)40(38-33)22-32(42)39(3)31-16-10-8-6-4-5-7-9-13-25-14-11-12-15-29(25)37-34(31)43/h11-12,14-15,17-21,31H,4-10,13,16,22H2,1-3H3,(H,37,43)/t31-/m0/s1. The third-order valence-corrected chi connectivity index (χ3v) is 8.35. The van der Waals surface area contributed by atoms with E-state index in [9.17, 15) is 14.4 Å². The molecular weight excluding hydrogens is 540 g/mol. The number of ketones is 1. The fourth-order valence-electron chi connectivity index (χ4n) is 5.81. The summed E-state index contributed by atoms with van der Waals surface area (Å²) in [5.74, 6) is 0.0612. The van der Waals surface area contributed by atoms with Gasteiger partial charge in [0.15, 0.2) is 5.78 Å². The number of amides is 2. The van der Waals surface area contributed by atoms with Crippen LogP contribution in [0.25, 0.3) is 22.0 Å². The summed E-state index contributed by atoms with van der Waals surface area (Å²) in [5, 5.41) is 8.33. The van der Waals surface area contributed by atoms with Crippen LogP contribution in [0.1, 0.15) is 80.2 Å². The molecule has 5 rings (SSSR count). The fraction of sp³-hybridized carbons (Fsp3) is 0.412. The second-order valence-corrected chi connectivity index (χ2v) is 11.5. The number of nitrogens with zero attached hydrogens (tertiary/aromatic N) is 5. The highest BCUT2D eigenvalue weighted by Gasteiger charge is 2.28. The molecule has 0 saturated heterocycles. The van der Waals surface area contributed by atoms with Crippen LogP contribution in [0.3, 0.4) is 0 Å². The number of rotatable bonds is 5. The molecule has 3 heterocycles. The van der Waals surface area contributed by atoms with Gasteiger partial charge in [0.1, 0.15) is 24.1 Å². The monoisotopic (exact) mass is 580 g/mol. The quantitative estimate of drug-likeness (QED) is 0.284. The van der Waals surface area contributed by atoms with Crippen LogP contribution in [0.15, 0.2) is 54.9 Å². The number of Topliss-reactive ketones (excluding diaryl/α,β-unsaturated/α-hetero) is 1. The summed E-state index contributed by atoms with van der Waals surface area (Å²) in [6, 6.07) is 13.0. The van der Waals surface area contributed by atoms with Gasteiger partial charge in [0.2, 0.25) is 11.8 Å². The average Bonchev–Trinajstić information content (AvgIpc) is 3.36. The first-order chi connectivity index (χ1) is 20.8. The van der Waals surface area contributed by atoms with Crippen molar-refractivity contribution in [2.75, 3.05) is 12.4 Å². The molecule has 4 aromatic rings. The van der Waals surface area contributed by atoms with Crippen LogP contribution in [0, 0.1) is 6.92 Å². The lowest BCUT2D eigenvalue weighted by atomic mass is 10.00. The van der Waals surface area contributed by atoms with Gasteiger partial charge < -0.3 is 10.2 Å². The maximum absolute atomic E-state index is 13.7. The minimum absolute atomic E-state index is 0.0896. The normalized spacial score (nSPS) is 16.6. The maximum atomic E-state index is 13.7. The Balaban J connectivity index is 1.39. The van der Waals surface area contributed by atoms with Crippen molar-refractivity contribution in [3.8, 4) is 11.1 Å². The van der Waals surface area contributed by atoms with Gasteiger partial charge in [-0.25, -0.2) is 9.97 Å². The molecule has 1 atom stereocenters. The smallest absolute Gasteiger partial charge is 0.247 e. The molecule has 0 unspecified atom stereocenters. The molecule has 0 aliphatic carbocycles. The largest absolute Gasteiger partial charge is 0.332 e. The SMILES string of the molecule is CC(=O)c1nn(CC(=O)N(C)[C@H]2CCCCCCCCCc3ccccc3NC2=O)c2ccc(-c3cnc(C)nc3)cc12. The van der Waals surface area contributed by atoms with Crippen LogP contribution >= 0.6 is 0 Å². The first kappa shape index (κ1) is 30.1. The highest BCUT2D eigenvalue weighted by Crippen LogP contribution is 2.27. The van der Waals surface area contributed by atoms with E-state index >= 15 is 0 Å². The van der Waals surface area contributed by atoms with E-state index in [1.165, 1.54) is 26.2 Å². The molecule has 1 N–H and O–H groups in total. The lowest BCUT2D eigenvalue weighted by molar-refractivity contribution is -0.137. The number of nitrogens with one attached hydrogen (secondary N) is 1. The number of benzene rings is 2. The molecule has 0 saturated carbocycles. The summed E-state index contributed by atoms with van der Waals surface area (Å²) in [4.78, 5) is 50.0. The molecule has 224 valence electrons. The lowest BCUT2D eigenvalue weighted by Gasteiger charge is -2.28. The predicted octanol–water partition coefficient (Wildman–Crippen LogP) is 6.15. The third kappa shape index (κ3) is 7.16. The van der Waals surface area contributed by atoms with Crippen LogP contribution < -0.4 is 5.32 Å². The zero-order chi connectivity index (χ0) is 30.3. The predicted molar refractivity (Wildman–Crippen MR) is 168 cm³/mol. The highest BCUT2D eigenvalue weighted by molar-refractivity contribution is 6.06. The zero-order valence-electron chi connectivity index (χ0n) is 25.3. The van der Waals surface area contributed by atoms with Gasteiger partial charge in [-0.2, -0.15) is 5.10 Å². The number of hydrogen-bond acceptors (Lipinski definition) is 6. The molecule has 0 radical (unpaired) electrons. The maximum Gasteiger partial charge on any atom is 0.247 e. The molecular formula is C34H40N6O3. The lowest BCUT2D eigenvalue weighted by Crippen LogP contribution is -2.46. The Bertz CT molecular complexity index is 1610. The van der Waals surface area contributed by atoms with Crippen LogP contribution in [0.4, 0.5) is 5.69 Å². The van der Waals surface area contributed by atoms with E-state index in [0.29, 0.717) is 28.8 Å². The van der Waals surface area contributed by atoms with Gasteiger partial charge in [-0.3, -0.25) is 19.1 Å². The number of para-hydroxylation sites is 1. The number of likely N-dealkylation sites (N-methyl/N-ethyl adjacent to an activating group) is 1. The van der Waals surface area contributed by atoms with E-state index in [0.717, 1.165) is 54.5 Å². The number of anilines is 1. The van der Waals surface area contributed by atoms with Crippen molar-refractivity contribution in [1.82, 2.24) is 24.6 Å². The van der Waals surface area contributed by atoms with Crippen LogP contribution in [-0.2, 0) is 22.6 Å². The van der Waals surface area contributed by atoms with Gasteiger partial charge in [0.25, 0.3) is 0 Å². The van der Waals surface area contributed by atoms with E-state index in [1.54, 1.807) is 29.0 Å². The van der Waals surface area contributed by atoms with Crippen molar-refractivity contribution in [2.45, 2.75) is 84.2 Å². The second-order valence-electron chi connectivity index (χ2n) is 11.5. The number of fused-ring (bicyclic) bond motifs is 2. The molecule has 9 heteroatoms. The number of carbonyl (C=O) groups excluding carboxylic acids is 3. The van der Waals surface area contributed by atoms with Crippen molar-refractivity contribution in [2.24, 2.45) is 0 Å². The van der Waals surface area contributed by atoms with Gasteiger partial charge in [0, 0.05) is 43.0 Å². The van der Waals surface area contributed by atoms with Crippen molar-refractivity contribution < 1.29 is 14.4 Å². The van der Waals surface area contributed by atoms with E-state index in [-0.39, 0.29) is 24.1 Å². The van der Waals surface area contributed by atoms with E-state index in [2.05, 4.69) is 26.4 Å². The Morgan fingerprint density at radius 2 is 1.65 bits per heavy atom. The summed E-state index contributed by atoms with van der Waals surface area (Å²) in [7, 11) is 1.69. The Labute approximate surface area is 252 Å². The molecule has 1 aliphatic heterocycles. The molecule has 43 heavy (non-hydrogen) atoms. The van der Waals surface area contributed by atoms with Gasteiger partial charge >= 0.3 is 0 Å². The van der Waals surface area contributed by atoms with Crippen molar-refractivity contribution >= 4 is 34.2 Å². The van der Waals surface area contributed by atoms with E-state index in [1.807, 2.05) is 43.3 Å². The average molecular weight is 581 g/mol. The van der Waals surface area contributed by atoms with Crippen LogP contribution in [0.2, 0.25) is 0 Å². The zero-order valence-corrected chi connectivity index (χ0v) is 25.3. The molecule has 0 bridgehead atoms. The molecule has 2 aromatic carbocycles. The number of aryl methyl sites for hydroxylation is 2. The van der Waals surface area contributed by atoms with Crippen molar-refractivity contribution in [1.29, 1.82) is 0 Å². The Morgan fingerprint density at radius 1 is 0.953 bits per heavy atom. The van der Waals surface area contributed by atoms with Gasteiger partial charge in [-0.15, -0.1) is 0 Å². The van der Waals surface area contributed by atoms with Gasteiger partial charge in [0.05, 0.1) is 5.52 Å². The third-order valence-electron chi connectivity index (χ3n) is 8.35. The minimum atomic E-state index is -0.620. The molecule has 2 aromatic heterocycles. The molecule has 0 spiro atoms. The van der Waals surface area contributed by atoms with Gasteiger partial charge in [-0.05, 0) is 55.5 Å². The summed E-state index contributed by atoms with van der Waals surface area (Å²) in [6.07, 6.45) is 12.7. The van der Waals surface area contributed by atoms with Crippen molar-refractivity contribution in [3.63, 3.8) is 0 Å². The van der Waals surface area contributed by atoms with Crippen molar-refractivity contribution in [3.05, 3.63) is 71.9 Å². The topological polar surface area (TPSA) is 110 Å². The number of carbonyl (C=O) groups is 3. The Morgan fingerprint density at radius 3 is 2.40 bits per heavy atom.